The molecule has 0 unspecified atom stereocenters. The maximum atomic E-state index is 10.9. The summed E-state index contributed by atoms with van der Waals surface area (Å²) >= 11 is 0. The van der Waals surface area contributed by atoms with Crippen molar-refractivity contribution >= 4 is 5.97 Å². The number of methoxy groups -OCH3 is 1. The Morgan fingerprint density at radius 2 is 0.957 bits per heavy atom. The van der Waals surface area contributed by atoms with Crippen molar-refractivity contribution in [2.45, 2.75) is 103 Å². The zero-order chi connectivity index (χ0) is 16.3. The topological polar surface area (TPSA) is 78.0 Å². The number of hydrogen-bond donors (Lipinski definition) is 1. The molecule has 140 valence electrons. The van der Waals surface area contributed by atoms with Gasteiger partial charge >= 0.3 is 5.97 Å². The Labute approximate surface area is 143 Å². The molecule has 0 atom stereocenters. The molecular formula is C19H40O4. The molecule has 4 nitrogen and oxygen atoms in total. The first-order valence-electron chi connectivity index (χ1n) is 9.49. The van der Waals surface area contributed by atoms with Crippen LogP contribution in [0.5, 0.6) is 0 Å². The van der Waals surface area contributed by atoms with Gasteiger partial charge in [-0.3, -0.25) is 4.79 Å². The average molecular weight is 333 g/mol. The number of ether oxygens (including phenoxy) is 1. The summed E-state index contributed by atoms with van der Waals surface area (Å²) in [4.78, 5) is 10.9. The number of aliphatic hydroxyl groups excluding tert-OH is 1. The maximum Gasteiger partial charge on any atom is 0.305 e. The number of rotatable bonds is 17. The van der Waals surface area contributed by atoms with Crippen molar-refractivity contribution in [3.8, 4) is 0 Å². The van der Waals surface area contributed by atoms with Gasteiger partial charge in [0.05, 0.1) is 7.11 Å². The van der Waals surface area contributed by atoms with Gasteiger partial charge < -0.3 is 15.3 Å². The van der Waals surface area contributed by atoms with E-state index in [-0.39, 0.29) is 11.4 Å². The predicted molar refractivity (Wildman–Crippen MR) is 96.6 cm³/mol. The highest BCUT2D eigenvalue weighted by molar-refractivity contribution is 5.68. The molecule has 0 aliphatic carbocycles. The molecule has 23 heavy (non-hydrogen) atoms. The maximum absolute atomic E-state index is 10.9. The molecule has 0 saturated heterocycles. The third kappa shape index (κ3) is 21.4. The van der Waals surface area contributed by atoms with Crippen LogP contribution in [-0.2, 0) is 9.53 Å². The highest BCUT2D eigenvalue weighted by atomic mass is 16.5. The minimum atomic E-state index is -0.0756. The highest BCUT2D eigenvalue weighted by Gasteiger charge is 1.99. The van der Waals surface area contributed by atoms with Crippen LogP contribution in [-0.4, -0.2) is 30.3 Å². The Bertz CT molecular complexity index is 231. The zero-order valence-corrected chi connectivity index (χ0v) is 15.3. The molecule has 0 aliphatic heterocycles. The molecule has 0 saturated carbocycles. The minimum Gasteiger partial charge on any atom is -0.469 e. The molecule has 0 rings (SSSR count). The molecule has 0 spiro atoms. The first-order valence-corrected chi connectivity index (χ1v) is 9.49. The number of unbranched alkanes of at least 4 members (excludes halogenated alkanes) is 14. The van der Waals surface area contributed by atoms with E-state index in [1.54, 1.807) is 0 Å². The van der Waals surface area contributed by atoms with Crippen LogP contribution in [0.1, 0.15) is 103 Å². The van der Waals surface area contributed by atoms with Crippen LogP contribution in [0.4, 0.5) is 0 Å². The quantitative estimate of drug-likeness (QED) is 0.313. The largest absolute Gasteiger partial charge is 0.469 e. The van der Waals surface area contributed by atoms with Crippen molar-refractivity contribution in [1.29, 1.82) is 0 Å². The van der Waals surface area contributed by atoms with Crippen molar-refractivity contribution in [3.63, 3.8) is 0 Å². The second-order valence-electron chi connectivity index (χ2n) is 6.35. The van der Waals surface area contributed by atoms with E-state index in [2.05, 4.69) is 4.74 Å². The molecule has 3 N–H and O–H groups in total. The van der Waals surface area contributed by atoms with Gasteiger partial charge in [0, 0.05) is 13.0 Å². The first kappa shape index (κ1) is 24.6. The van der Waals surface area contributed by atoms with Crippen LogP contribution in [0.3, 0.4) is 0 Å². The van der Waals surface area contributed by atoms with Crippen LogP contribution in [0.15, 0.2) is 0 Å². The monoisotopic (exact) mass is 332 g/mol. The number of aliphatic hydroxyl groups is 1. The lowest BCUT2D eigenvalue weighted by Crippen LogP contribution is -1.99. The highest BCUT2D eigenvalue weighted by Crippen LogP contribution is 2.13. The Morgan fingerprint density at radius 3 is 1.26 bits per heavy atom. The molecule has 0 aliphatic rings. The van der Waals surface area contributed by atoms with Crippen LogP contribution in [0, 0.1) is 0 Å². The Hall–Kier alpha value is -0.610. The summed E-state index contributed by atoms with van der Waals surface area (Å²) in [6.07, 6.45) is 19.7. The summed E-state index contributed by atoms with van der Waals surface area (Å²) < 4.78 is 4.63. The van der Waals surface area contributed by atoms with Gasteiger partial charge in [-0.05, 0) is 12.8 Å². The molecule has 0 amide bonds. The Kier molecular flexibility index (Phi) is 22.9. The second-order valence-corrected chi connectivity index (χ2v) is 6.35. The summed E-state index contributed by atoms with van der Waals surface area (Å²) in [6.45, 7) is 0.352. The van der Waals surface area contributed by atoms with E-state index in [9.17, 15) is 4.79 Å². The summed E-state index contributed by atoms with van der Waals surface area (Å²) in [5.41, 5.74) is 0. The molecule has 0 aromatic carbocycles. The van der Waals surface area contributed by atoms with Crippen LogP contribution < -0.4 is 0 Å². The third-order valence-electron chi connectivity index (χ3n) is 4.27. The number of carbonyl (C=O) groups is 1. The normalized spacial score (nSPS) is 10.3. The van der Waals surface area contributed by atoms with Gasteiger partial charge in [-0.2, -0.15) is 0 Å². The second kappa shape index (κ2) is 21.4. The lowest BCUT2D eigenvalue weighted by atomic mass is 10.0. The van der Waals surface area contributed by atoms with Crippen molar-refractivity contribution in [2.75, 3.05) is 13.7 Å². The third-order valence-corrected chi connectivity index (χ3v) is 4.27. The fourth-order valence-electron chi connectivity index (χ4n) is 2.78. The lowest BCUT2D eigenvalue weighted by Gasteiger charge is -2.03. The van der Waals surface area contributed by atoms with Gasteiger partial charge in [-0.25, -0.2) is 0 Å². The first-order chi connectivity index (χ1) is 10.8. The van der Waals surface area contributed by atoms with Crippen molar-refractivity contribution in [2.24, 2.45) is 0 Å². The van der Waals surface area contributed by atoms with Gasteiger partial charge in [0.2, 0.25) is 0 Å². The SMILES string of the molecule is COC(=O)CCCCCCCCCCCCCCCCCO.O. The number of hydrogen-bond acceptors (Lipinski definition) is 3. The van der Waals surface area contributed by atoms with Crippen molar-refractivity contribution in [3.05, 3.63) is 0 Å². The van der Waals surface area contributed by atoms with Crippen LogP contribution >= 0.6 is 0 Å². The van der Waals surface area contributed by atoms with Crippen LogP contribution in [0.25, 0.3) is 0 Å². The Morgan fingerprint density at radius 1 is 0.652 bits per heavy atom. The minimum absolute atomic E-state index is 0. The predicted octanol–water partition coefficient (Wildman–Crippen LogP) is 4.57. The molecule has 4 heteroatoms. The smallest absolute Gasteiger partial charge is 0.305 e. The van der Waals surface area contributed by atoms with Gasteiger partial charge in [-0.15, -0.1) is 0 Å². The fourth-order valence-corrected chi connectivity index (χ4v) is 2.78. The standard InChI is InChI=1S/C19H38O3.H2O/c1-22-19(21)17-15-13-11-9-7-5-3-2-4-6-8-10-12-14-16-18-20;/h20H,2-18H2,1H3;1H2. The van der Waals surface area contributed by atoms with E-state index in [0.29, 0.717) is 13.0 Å². The molecule has 0 bridgehead atoms. The lowest BCUT2D eigenvalue weighted by molar-refractivity contribution is -0.140. The molecule has 0 radical (unpaired) electrons. The molecule has 0 fully saturated rings. The van der Waals surface area contributed by atoms with E-state index in [4.69, 9.17) is 5.11 Å². The van der Waals surface area contributed by atoms with Gasteiger partial charge in [-0.1, -0.05) is 83.5 Å². The Balaban J connectivity index is 0. The van der Waals surface area contributed by atoms with E-state index in [0.717, 1.165) is 19.3 Å². The van der Waals surface area contributed by atoms with Gasteiger partial charge in [0.1, 0.15) is 0 Å². The van der Waals surface area contributed by atoms with Crippen molar-refractivity contribution in [1.82, 2.24) is 0 Å². The van der Waals surface area contributed by atoms with E-state index < -0.39 is 0 Å². The molecular weight excluding hydrogens is 292 g/mol. The van der Waals surface area contributed by atoms with Crippen molar-refractivity contribution < 1.29 is 20.1 Å². The van der Waals surface area contributed by atoms with Gasteiger partial charge in [0.15, 0.2) is 0 Å². The zero-order valence-electron chi connectivity index (χ0n) is 15.3. The molecule has 0 aromatic heterocycles. The number of carbonyl (C=O) groups excluding carboxylic acids is 1. The molecule has 0 heterocycles. The molecule has 0 aromatic rings. The summed E-state index contributed by atoms with van der Waals surface area (Å²) in [5, 5.41) is 8.68. The van der Waals surface area contributed by atoms with E-state index >= 15 is 0 Å². The van der Waals surface area contributed by atoms with Crippen LogP contribution in [0.2, 0.25) is 0 Å². The van der Waals surface area contributed by atoms with E-state index in [1.165, 1.54) is 84.2 Å². The van der Waals surface area contributed by atoms with Gasteiger partial charge in [0.25, 0.3) is 0 Å². The summed E-state index contributed by atoms with van der Waals surface area (Å²) in [7, 11) is 1.46. The number of esters is 1. The fraction of sp³-hybridized carbons (Fsp3) is 0.947. The summed E-state index contributed by atoms with van der Waals surface area (Å²) in [6, 6.07) is 0. The average Bonchev–Trinajstić information content (AvgIpc) is 2.54. The summed E-state index contributed by atoms with van der Waals surface area (Å²) in [5.74, 6) is -0.0756. The van der Waals surface area contributed by atoms with E-state index in [1.807, 2.05) is 0 Å².